The Balaban J connectivity index is -0.000000563. The van der Waals surface area contributed by atoms with Gasteiger partial charge in [-0.2, -0.15) is 0 Å². The van der Waals surface area contributed by atoms with E-state index >= 15 is 0 Å². The molecule has 0 saturated heterocycles. The first kappa shape index (κ1) is 44.8. The highest BCUT2D eigenvalue weighted by molar-refractivity contribution is 5.85. The van der Waals surface area contributed by atoms with Crippen LogP contribution in [0, 0.1) is 22.2 Å². The molecule has 0 bridgehead atoms. The van der Waals surface area contributed by atoms with E-state index in [1.54, 1.807) is 6.92 Å². The molecule has 0 radical (unpaired) electrons. The normalized spacial score (nSPS) is 12.3. The molecule has 1 N–H and O–H groups in total. The first-order valence-corrected chi connectivity index (χ1v) is 15.9. The third-order valence-corrected chi connectivity index (χ3v) is 6.14. The number of Topliss-reactive ketones (excluding diaryl/α,β-unsaturated/α-hetero) is 3. The van der Waals surface area contributed by atoms with Crippen LogP contribution in [0.5, 0.6) is 0 Å². The molecule has 8 nitrogen and oxygen atoms in total. The molecule has 0 fully saturated rings. The van der Waals surface area contributed by atoms with Crippen LogP contribution in [-0.2, 0) is 33.4 Å². The average molecular weight is 602 g/mol. The molecule has 0 aliphatic heterocycles. The smallest absolute Gasteiger partial charge is 0.219 e. The van der Waals surface area contributed by atoms with Crippen LogP contribution in [0.3, 0.4) is 0 Å². The van der Waals surface area contributed by atoms with Gasteiger partial charge in [-0.05, 0) is 12.8 Å². The number of ketones is 3. The van der Waals surface area contributed by atoms with Crippen LogP contribution in [0.4, 0.5) is 0 Å². The zero-order chi connectivity index (χ0) is 33.4. The summed E-state index contributed by atoms with van der Waals surface area (Å²) in [5, 5.41) is 2.68. The minimum Gasteiger partial charge on any atom is -0.379 e. The second-order valence-electron chi connectivity index (χ2n) is 13.7. The van der Waals surface area contributed by atoms with E-state index in [9.17, 15) is 19.2 Å². The lowest BCUT2D eigenvalue weighted by atomic mass is 9.82. The van der Waals surface area contributed by atoms with Gasteiger partial charge in [0, 0.05) is 54.6 Å². The first-order valence-electron chi connectivity index (χ1n) is 15.9. The monoisotopic (exact) mass is 601 g/mol. The van der Waals surface area contributed by atoms with Gasteiger partial charge in [-0.25, -0.2) is 0 Å². The largest absolute Gasteiger partial charge is 0.379 e. The second kappa shape index (κ2) is 24.8. The van der Waals surface area contributed by atoms with Crippen molar-refractivity contribution >= 4 is 23.3 Å². The Kier molecular flexibility index (Phi) is 26.4. The molecular formula is C34H67NO7. The summed E-state index contributed by atoms with van der Waals surface area (Å²) in [6.45, 7) is 29.5. The van der Waals surface area contributed by atoms with E-state index in [1.807, 2.05) is 69.2 Å². The van der Waals surface area contributed by atoms with Crippen LogP contribution in [0.2, 0.25) is 0 Å². The zero-order valence-corrected chi connectivity index (χ0v) is 29.6. The molecule has 0 spiro atoms. The highest BCUT2D eigenvalue weighted by Crippen LogP contribution is 2.22. The van der Waals surface area contributed by atoms with E-state index in [2.05, 4.69) is 19.2 Å². The lowest BCUT2D eigenvalue weighted by Gasteiger charge is -2.21. The number of amides is 1. The van der Waals surface area contributed by atoms with Crippen molar-refractivity contribution in [2.24, 2.45) is 22.2 Å². The van der Waals surface area contributed by atoms with Gasteiger partial charge in [0.1, 0.15) is 17.3 Å². The molecular weight excluding hydrogens is 534 g/mol. The Morgan fingerprint density at radius 1 is 0.595 bits per heavy atom. The number of ether oxygens (including phenoxy) is 3. The van der Waals surface area contributed by atoms with Gasteiger partial charge in [0.15, 0.2) is 0 Å². The third kappa shape index (κ3) is 28.5. The number of carbonyl (C=O) groups is 4. The molecule has 0 aliphatic rings. The fraction of sp³-hybridized carbons (Fsp3) is 0.882. The molecule has 42 heavy (non-hydrogen) atoms. The highest BCUT2D eigenvalue weighted by Gasteiger charge is 2.25. The predicted octanol–water partition coefficient (Wildman–Crippen LogP) is 7.01. The molecule has 0 aromatic rings. The van der Waals surface area contributed by atoms with Crippen LogP contribution in [0.15, 0.2) is 0 Å². The first-order chi connectivity index (χ1) is 19.2. The molecule has 8 heteroatoms. The average Bonchev–Trinajstić information content (AvgIpc) is 2.88. The van der Waals surface area contributed by atoms with Gasteiger partial charge in [-0.1, -0.05) is 96.4 Å². The summed E-state index contributed by atoms with van der Waals surface area (Å²) in [5.41, 5.74) is -0.720. The molecule has 0 aromatic carbocycles. The van der Waals surface area contributed by atoms with Gasteiger partial charge in [0.2, 0.25) is 5.91 Å². The maximum atomic E-state index is 11.6. The predicted molar refractivity (Wildman–Crippen MR) is 173 cm³/mol. The summed E-state index contributed by atoms with van der Waals surface area (Å²) in [5.74, 6) is 1.04. The molecule has 1 amide bonds. The summed E-state index contributed by atoms with van der Waals surface area (Å²) in [4.78, 5) is 45.3. The molecule has 1 unspecified atom stereocenters. The Morgan fingerprint density at radius 3 is 1.40 bits per heavy atom. The van der Waals surface area contributed by atoms with Crippen LogP contribution < -0.4 is 5.32 Å². The molecule has 0 heterocycles. The van der Waals surface area contributed by atoms with Gasteiger partial charge in [-0.3, -0.25) is 19.2 Å². The van der Waals surface area contributed by atoms with Crippen molar-refractivity contribution < 1.29 is 33.4 Å². The van der Waals surface area contributed by atoms with Crippen LogP contribution in [0.1, 0.15) is 129 Å². The molecule has 0 saturated carbocycles. The van der Waals surface area contributed by atoms with Crippen molar-refractivity contribution in [3.05, 3.63) is 0 Å². The van der Waals surface area contributed by atoms with Crippen molar-refractivity contribution in [3.8, 4) is 0 Å². The van der Waals surface area contributed by atoms with Crippen molar-refractivity contribution in [2.45, 2.75) is 129 Å². The zero-order valence-electron chi connectivity index (χ0n) is 29.6. The lowest BCUT2D eigenvalue weighted by molar-refractivity contribution is -0.130. The SMILES string of the molecule is CCC(=O)NCCC(=O)C(C)(C)C.CCCC(C)C(=O)C(C)(C)C.CCCOCCOCCOCCC(=O)C(C)(C)C. The Bertz CT molecular complexity index is 728. The maximum absolute atomic E-state index is 11.6. The van der Waals surface area contributed by atoms with Gasteiger partial charge in [0.25, 0.3) is 0 Å². The lowest BCUT2D eigenvalue weighted by Crippen LogP contribution is -2.29. The summed E-state index contributed by atoms with van der Waals surface area (Å²) in [6.07, 6.45) is 4.53. The summed E-state index contributed by atoms with van der Waals surface area (Å²) < 4.78 is 15.9. The Morgan fingerprint density at radius 2 is 1.02 bits per heavy atom. The van der Waals surface area contributed by atoms with Gasteiger partial charge in [-0.15, -0.1) is 0 Å². The highest BCUT2D eigenvalue weighted by atomic mass is 16.5. The van der Waals surface area contributed by atoms with Crippen LogP contribution in [-0.4, -0.2) is 69.4 Å². The van der Waals surface area contributed by atoms with Crippen LogP contribution >= 0.6 is 0 Å². The van der Waals surface area contributed by atoms with Gasteiger partial charge < -0.3 is 19.5 Å². The number of rotatable bonds is 18. The minimum absolute atomic E-state index is 0.00158. The van der Waals surface area contributed by atoms with E-state index in [-0.39, 0.29) is 39.6 Å². The van der Waals surface area contributed by atoms with E-state index in [1.165, 1.54) is 0 Å². The van der Waals surface area contributed by atoms with Crippen molar-refractivity contribution in [1.29, 1.82) is 0 Å². The molecule has 250 valence electrons. The third-order valence-electron chi connectivity index (χ3n) is 6.14. The topological polar surface area (TPSA) is 108 Å². The molecule has 1 atom stereocenters. The number of hydrogen-bond acceptors (Lipinski definition) is 7. The van der Waals surface area contributed by atoms with E-state index in [0.29, 0.717) is 64.6 Å². The van der Waals surface area contributed by atoms with Crippen molar-refractivity contribution in [2.75, 3.05) is 46.2 Å². The van der Waals surface area contributed by atoms with E-state index < -0.39 is 0 Å². The summed E-state index contributed by atoms with van der Waals surface area (Å²) in [6, 6.07) is 0. The van der Waals surface area contributed by atoms with E-state index in [0.717, 1.165) is 25.9 Å². The fourth-order valence-electron chi connectivity index (χ4n) is 3.34. The van der Waals surface area contributed by atoms with Gasteiger partial charge >= 0.3 is 0 Å². The fourth-order valence-corrected chi connectivity index (χ4v) is 3.34. The van der Waals surface area contributed by atoms with Crippen molar-refractivity contribution in [3.63, 3.8) is 0 Å². The van der Waals surface area contributed by atoms with Gasteiger partial charge in [0.05, 0.1) is 33.0 Å². The maximum Gasteiger partial charge on any atom is 0.219 e. The standard InChI is InChI=1S/C14H28O4.C10H19NO2.C10H20O/c1-5-7-16-9-11-18-12-10-17-8-6-13(15)14(2,3)4;1-5-9(13)11-7-6-8(12)10(2,3)4;1-6-7-8(2)9(11)10(3,4)5/h5-12H2,1-4H3;5-7H2,1-4H3,(H,11,13);8H,6-7H2,1-5H3. The molecule has 0 aliphatic carbocycles. The van der Waals surface area contributed by atoms with E-state index in [4.69, 9.17) is 14.2 Å². The number of nitrogens with one attached hydrogen (secondary N) is 1. The van der Waals surface area contributed by atoms with Crippen LogP contribution in [0.25, 0.3) is 0 Å². The Hall–Kier alpha value is -1.64. The number of hydrogen-bond donors (Lipinski definition) is 1. The summed E-state index contributed by atoms with van der Waals surface area (Å²) >= 11 is 0. The number of carbonyl (C=O) groups excluding carboxylic acids is 4. The van der Waals surface area contributed by atoms with Crippen molar-refractivity contribution in [1.82, 2.24) is 5.32 Å². The Labute approximate surface area is 258 Å². The summed E-state index contributed by atoms with van der Waals surface area (Å²) in [7, 11) is 0. The quantitative estimate of drug-likeness (QED) is 0.168. The molecule has 0 aromatic heterocycles. The minimum atomic E-state index is -0.295. The molecule has 0 rings (SSSR count). The second-order valence-corrected chi connectivity index (χ2v) is 13.7.